The summed E-state index contributed by atoms with van der Waals surface area (Å²) in [7, 11) is 1.98. The summed E-state index contributed by atoms with van der Waals surface area (Å²) in [5, 5.41) is 16.6. The van der Waals surface area contributed by atoms with Crippen molar-refractivity contribution in [3.63, 3.8) is 0 Å². The molecule has 0 spiro atoms. The molecule has 1 aromatic carbocycles. The van der Waals surface area contributed by atoms with Gasteiger partial charge < -0.3 is 9.84 Å². The number of thiazole rings is 1. The van der Waals surface area contributed by atoms with Gasteiger partial charge in [0, 0.05) is 37.6 Å². The molecule has 7 heteroatoms. The summed E-state index contributed by atoms with van der Waals surface area (Å²) in [5.74, 6) is 0.885. The summed E-state index contributed by atoms with van der Waals surface area (Å²) in [6, 6.07) is 11.9. The van der Waals surface area contributed by atoms with Gasteiger partial charge >= 0.3 is 0 Å². The molecule has 0 radical (unpaired) electrons. The molecule has 1 N–H and O–H groups in total. The minimum absolute atomic E-state index is 0.614. The monoisotopic (exact) mass is 426 g/mol. The molecule has 6 nitrogen and oxygen atoms in total. The van der Waals surface area contributed by atoms with E-state index in [9.17, 15) is 5.11 Å². The molecule has 1 aliphatic rings. The number of likely N-dealkylation sites (tertiary alicyclic amines) is 1. The second-order valence-electron chi connectivity index (χ2n) is 8.05. The molecule has 0 unspecified atom stereocenters. The first-order valence-corrected chi connectivity index (χ1v) is 11.4. The van der Waals surface area contributed by atoms with Gasteiger partial charge in [-0.2, -0.15) is 5.10 Å². The molecular formula is C23H30N4O2S. The zero-order valence-corrected chi connectivity index (χ0v) is 18.6. The number of hydrogen-bond donors (Lipinski definition) is 1. The van der Waals surface area contributed by atoms with E-state index in [1.165, 1.54) is 10.6 Å². The van der Waals surface area contributed by atoms with E-state index in [1.807, 2.05) is 55.2 Å². The Morgan fingerprint density at radius 2 is 2.00 bits per heavy atom. The maximum Gasteiger partial charge on any atom is 0.125 e. The lowest BCUT2D eigenvalue weighted by atomic mass is 9.96. The van der Waals surface area contributed by atoms with Crippen molar-refractivity contribution < 1.29 is 9.84 Å². The Bertz CT molecular complexity index is 955. The molecule has 0 aliphatic carbocycles. The predicted molar refractivity (Wildman–Crippen MR) is 119 cm³/mol. The van der Waals surface area contributed by atoms with Crippen LogP contribution in [0.4, 0.5) is 0 Å². The van der Waals surface area contributed by atoms with Crippen LogP contribution in [0, 0.1) is 6.92 Å². The molecule has 160 valence electrons. The highest BCUT2D eigenvalue weighted by Crippen LogP contribution is 2.37. The number of aryl methyl sites for hydroxylation is 2. The summed E-state index contributed by atoms with van der Waals surface area (Å²) >= 11 is 1.64. The molecule has 0 bridgehead atoms. The highest BCUT2D eigenvalue weighted by Gasteiger charge is 2.35. The van der Waals surface area contributed by atoms with E-state index in [4.69, 9.17) is 9.72 Å². The van der Waals surface area contributed by atoms with E-state index in [0.29, 0.717) is 13.0 Å². The third-order valence-corrected chi connectivity index (χ3v) is 7.26. The zero-order valence-electron chi connectivity index (χ0n) is 17.8. The number of ether oxygens (including phenoxy) is 1. The Morgan fingerprint density at radius 3 is 2.77 bits per heavy atom. The highest BCUT2D eigenvalue weighted by molar-refractivity contribution is 7.11. The van der Waals surface area contributed by atoms with Gasteiger partial charge in [-0.15, -0.1) is 11.3 Å². The molecule has 30 heavy (non-hydrogen) atoms. The van der Waals surface area contributed by atoms with Gasteiger partial charge in [-0.25, -0.2) is 4.98 Å². The molecule has 0 saturated carbocycles. The predicted octanol–water partition coefficient (Wildman–Crippen LogP) is 3.68. The van der Waals surface area contributed by atoms with Crippen molar-refractivity contribution in [2.75, 3.05) is 19.7 Å². The molecular weight excluding hydrogens is 396 g/mol. The Labute approximate surface area is 182 Å². The van der Waals surface area contributed by atoms with Gasteiger partial charge in [-0.05, 0) is 50.9 Å². The minimum atomic E-state index is -0.838. The average Bonchev–Trinajstić information content (AvgIpc) is 3.26. The van der Waals surface area contributed by atoms with Crippen molar-refractivity contribution in [2.24, 2.45) is 7.05 Å². The quantitative estimate of drug-likeness (QED) is 0.624. The molecule has 2 aromatic heterocycles. The van der Waals surface area contributed by atoms with E-state index in [0.717, 1.165) is 55.3 Å². The van der Waals surface area contributed by atoms with Crippen molar-refractivity contribution in [2.45, 2.75) is 44.8 Å². The van der Waals surface area contributed by atoms with Crippen LogP contribution in [0.3, 0.4) is 0 Å². The van der Waals surface area contributed by atoms with Gasteiger partial charge in [0.15, 0.2) is 0 Å². The second-order valence-corrected chi connectivity index (χ2v) is 9.13. The summed E-state index contributed by atoms with van der Waals surface area (Å²) in [4.78, 5) is 8.37. The van der Waals surface area contributed by atoms with E-state index in [1.54, 1.807) is 11.3 Å². The molecule has 3 aromatic rings. The van der Waals surface area contributed by atoms with Gasteiger partial charge in [-0.1, -0.05) is 18.2 Å². The van der Waals surface area contributed by atoms with Crippen LogP contribution in [-0.4, -0.2) is 44.5 Å². The molecule has 1 fully saturated rings. The molecule has 3 heterocycles. The number of benzene rings is 1. The van der Waals surface area contributed by atoms with Crippen LogP contribution >= 0.6 is 11.3 Å². The first kappa shape index (κ1) is 21.0. The van der Waals surface area contributed by atoms with Crippen molar-refractivity contribution in [1.29, 1.82) is 0 Å². The van der Waals surface area contributed by atoms with E-state index in [2.05, 4.69) is 16.1 Å². The van der Waals surface area contributed by atoms with Crippen LogP contribution in [0.5, 0.6) is 5.75 Å². The zero-order chi connectivity index (χ0) is 21.0. The van der Waals surface area contributed by atoms with Crippen LogP contribution in [-0.2, 0) is 25.6 Å². The van der Waals surface area contributed by atoms with Crippen molar-refractivity contribution in [1.82, 2.24) is 19.7 Å². The Hall–Kier alpha value is -2.22. The molecule has 4 rings (SSSR count). The van der Waals surface area contributed by atoms with Crippen LogP contribution < -0.4 is 4.74 Å². The van der Waals surface area contributed by atoms with Gasteiger partial charge in [-0.3, -0.25) is 9.58 Å². The van der Waals surface area contributed by atoms with E-state index >= 15 is 0 Å². The second kappa shape index (κ2) is 9.29. The fourth-order valence-electron chi connectivity index (χ4n) is 3.97. The minimum Gasteiger partial charge on any atom is -0.493 e. The summed E-state index contributed by atoms with van der Waals surface area (Å²) in [5.41, 5.74) is 1.37. The van der Waals surface area contributed by atoms with Crippen molar-refractivity contribution in [3.8, 4) is 5.75 Å². The summed E-state index contributed by atoms with van der Waals surface area (Å²) in [6.07, 6.45) is 5.06. The van der Waals surface area contributed by atoms with Crippen LogP contribution in [0.15, 0.2) is 42.6 Å². The Kier molecular flexibility index (Phi) is 6.51. The topological polar surface area (TPSA) is 63.4 Å². The molecule has 1 atom stereocenters. The lowest BCUT2D eigenvalue weighted by Crippen LogP contribution is -2.29. The van der Waals surface area contributed by atoms with Crippen LogP contribution in [0.1, 0.15) is 40.5 Å². The van der Waals surface area contributed by atoms with Crippen LogP contribution in [0.2, 0.25) is 0 Å². The van der Waals surface area contributed by atoms with Gasteiger partial charge in [0.25, 0.3) is 0 Å². The standard InChI is InChI=1S/C23H30N4O2S/c1-18-21(10-16-29-20-7-4-3-5-8-20)30-22(25-18)23(28)11-6-14-27(15-12-23)17-19-9-13-24-26(19)2/h3-5,7-9,13,28H,6,10-12,14-17H2,1-2H3/t23-/m0/s1. The first-order valence-electron chi connectivity index (χ1n) is 10.6. The summed E-state index contributed by atoms with van der Waals surface area (Å²) < 4.78 is 7.76. The molecule has 1 aliphatic heterocycles. The van der Waals surface area contributed by atoms with Crippen molar-refractivity contribution in [3.05, 3.63) is 63.9 Å². The Balaban J connectivity index is 1.37. The lowest BCUT2D eigenvalue weighted by molar-refractivity contribution is 0.0206. The number of nitrogens with zero attached hydrogens (tertiary/aromatic N) is 4. The first-order chi connectivity index (χ1) is 14.5. The number of para-hydroxylation sites is 1. The van der Waals surface area contributed by atoms with Gasteiger partial charge in [0.2, 0.25) is 0 Å². The van der Waals surface area contributed by atoms with Gasteiger partial charge in [0.05, 0.1) is 18.0 Å². The van der Waals surface area contributed by atoms with Crippen molar-refractivity contribution >= 4 is 11.3 Å². The fraction of sp³-hybridized carbons (Fsp3) is 0.478. The third-order valence-electron chi connectivity index (χ3n) is 5.85. The number of aliphatic hydroxyl groups is 1. The third kappa shape index (κ3) is 4.91. The SMILES string of the molecule is Cc1nc([C@]2(O)CCCN(Cc3ccnn3C)CC2)sc1CCOc1ccccc1. The maximum atomic E-state index is 11.4. The van der Waals surface area contributed by atoms with E-state index in [-0.39, 0.29) is 0 Å². The summed E-state index contributed by atoms with van der Waals surface area (Å²) in [6.45, 7) is 5.35. The largest absolute Gasteiger partial charge is 0.493 e. The normalized spacial score (nSPS) is 20.2. The average molecular weight is 427 g/mol. The maximum absolute atomic E-state index is 11.4. The number of aromatic nitrogens is 3. The Morgan fingerprint density at radius 1 is 1.17 bits per heavy atom. The smallest absolute Gasteiger partial charge is 0.125 e. The van der Waals surface area contributed by atoms with Gasteiger partial charge in [0.1, 0.15) is 16.4 Å². The molecule has 1 saturated heterocycles. The fourth-order valence-corrected chi connectivity index (χ4v) is 5.16. The van der Waals surface area contributed by atoms with E-state index < -0.39 is 5.60 Å². The highest BCUT2D eigenvalue weighted by atomic mass is 32.1. The molecule has 0 amide bonds. The number of rotatable bonds is 7. The number of hydrogen-bond acceptors (Lipinski definition) is 6. The lowest BCUT2D eigenvalue weighted by Gasteiger charge is -2.24. The van der Waals surface area contributed by atoms with Crippen LogP contribution in [0.25, 0.3) is 0 Å².